The van der Waals surface area contributed by atoms with Gasteiger partial charge in [0.2, 0.25) is 0 Å². The molecule has 14 heavy (non-hydrogen) atoms. The minimum atomic E-state index is -1.34. The highest BCUT2D eigenvalue weighted by atomic mass is 16.3. The van der Waals surface area contributed by atoms with Gasteiger partial charge in [0, 0.05) is 13.1 Å². The van der Waals surface area contributed by atoms with Gasteiger partial charge in [0.25, 0.3) is 5.91 Å². The van der Waals surface area contributed by atoms with Crippen molar-refractivity contribution in [3.63, 3.8) is 0 Å². The Morgan fingerprint density at radius 3 is 2.50 bits per heavy atom. The minimum absolute atomic E-state index is 0.308. The lowest BCUT2D eigenvalue weighted by atomic mass is 9.94. The van der Waals surface area contributed by atoms with Crippen molar-refractivity contribution >= 4 is 5.91 Å². The average molecular weight is 201 g/mol. The highest BCUT2D eigenvalue weighted by Gasteiger charge is 2.36. The molecule has 1 amide bonds. The third-order valence-electron chi connectivity index (χ3n) is 2.49. The Kier molecular flexibility index (Phi) is 2.88. The van der Waals surface area contributed by atoms with Crippen molar-refractivity contribution in [2.45, 2.75) is 44.8 Å². The SMILES string of the molecule is CC1(O)CCCN(C(=O)C(C)(C)O)C1. The van der Waals surface area contributed by atoms with Crippen LogP contribution in [0.1, 0.15) is 33.6 Å². The van der Waals surface area contributed by atoms with Gasteiger partial charge in [-0.2, -0.15) is 0 Å². The first-order valence-electron chi connectivity index (χ1n) is 4.96. The van der Waals surface area contributed by atoms with Gasteiger partial charge in [0.15, 0.2) is 0 Å². The molecule has 0 aromatic carbocycles. The van der Waals surface area contributed by atoms with Crippen molar-refractivity contribution in [1.29, 1.82) is 0 Å². The number of piperidine rings is 1. The first kappa shape index (κ1) is 11.5. The predicted octanol–water partition coefficient (Wildman–Crippen LogP) is 0.131. The summed E-state index contributed by atoms with van der Waals surface area (Å²) in [4.78, 5) is 13.2. The molecule has 4 heteroatoms. The largest absolute Gasteiger partial charge is 0.388 e. The average Bonchev–Trinajstić information content (AvgIpc) is 1.99. The molecule has 1 saturated heterocycles. The van der Waals surface area contributed by atoms with E-state index in [1.165, 1.54) is 18.7 Å². The van der Waals surface area contributed by atoms with E-state index in [1.807, 2.05) is 0 Å². The Morgan fingerprint density at radius 1 is 1.50 bits per heavy atom. The second kappa shape index (κ2) is 3.51. The van der Waals surface area contributed by atoms with E-state index in [9.17, 15) is 15.0 Å². The Balaban J connectivity index is 2.66. The van der Waals surface area contributed by atoms with Crippen molar-refractivity contribution in [1.82, 2.24) is 4.90 Å². The molecule has 1 heterocycles. The van der Waals surface area contributed by atoms with E-state index in [1.54, 1.807) is 6.92 Å². The molecule has 1 unspecified atom stereocenters. The minimum Gasteiger partial charge on any atom is -0.388 e. The van der Waals surface area contributed by atoms with E-state index in [-0.39, 0.29) is 5.91 Å². The van der Waals surface area contributed by atoms with Gasteiger partial charge in [0.05, 0.1) is 5.60 Å². The van der Waals surface area contributed by atoms with Crippen molar-refractivity contribution in [3.8, 4) is 0 Å². The number of hydrogen-bond donors (Lipinski definition) is 2. The van der Waals surface area contributed by atoms with Crippen molar-refractivity contribution in [2.75, 3.05) is 13.1 Å². The molecule has 0 aromatic heterocycles. The van der Waals surface area contributed by atoms with E-state index in [4.69, 9.17) is 0 Å². The number of β-amino-alcohol motifs (C(OH)–C–C–N with tert-alkyl or cyclic N) is 1. The summed E-state index contributed by atoms with van der Waals surface area (Å²) in [6, 6.07) is 0. The number of rotatable bonds is 1. The van der Waals surface area contributed by atoms with E-state index in [2.05, 4.69) is 0 Å². The van der Waals surface area contributed by atoms with Gasteiger partial charge in [-0.1, -0.05) is 0 Å². The Bertz CT molecular complexity index is 230. The zero-order valence-corrected chi connectivity index (χ0v) is 9.08. The lowest BCUT2D eigenvalue weighted by molar-refractivity contribution is -0.153. The molecule has 1 atom stereocenters. The van der Waals surface area contributed by atoms with Gasteiger partial charge in [-0.05, 0) is 33.6 Å². The molecule has 4 nitrogen and oxygen atoms in total. The molecule has 0 spiro atoms. The number of carbonyl (C=O) groups is 1. The van der Waals surface area contributed by atoms with Crippen LogP contribution in [0.25, 0.3) is 0 Å². The van der Waals surface area contributed by atoms with Gasteiger partial charge in [-0.25, -0.2) is 0 Å². The quantitative estimate of drug-likeness (QED) is 0.634. The third kappa shape index (κ3) is 2.69. The number of aliphatic hydroxyl groups is 2. The summed E-state index contributed by atoms with van der Waals surface area (Å²) < 4.78 is 0. The molecule has 1 fully saturated rings. The highest BCUT2D eigenvalue weighted by Crippen LogP contribution is 2.22. The van der Waals surface area contributed by atoms with Crippen LogP contribution < -0.4 is 0 Å². The van der Waals surface area contributed by atoms with Crippen LogP contribution in [-0.4, -0.2) is 45.3 Å². The summed E-state index contributed by atoms with van der Waals surface area (Å²) in [5.74, 6) is -0.308. The molecular weight excluding hydrogens is 182 g/mol. The number of likely N-dealkylation sites (tertiary alicyclic amines) is 1. The first-order valence-corrected chi connectivity index (χ1v) is 4.96. The summed E-state index contributed by atoms with van der Waals surface area (Å²) >= 11 is 0. The Labute approximate surface area is 84.5 Å². The number of amides is 1. The van der Waals surface area contributed by atoms with Gasteiger partial charge in [0.1, 0.15) is 5.60 Å². The molecule has 1 aliphatic heterocycles. The zero-order chi connectivity index (χ0) is 11.0. The molecular formula is C10H19NO3. The van der Waals surface area contributed by atoms with E-state index >= 15 is 0 Å². The van der Waals surface area contributed by atoms with E-state index < -0.39 is 11.2 Å². The normalized spacial score (nSPS) is 29.1. The number of nitrogens with zero attached hydrogens (tertiary/aromatic N) is 1. The lowest BCUT2D eigenvalue weighted by Crippen LogP contribution is -2.54. The van der Waals surface area contributed by atoms with Crippen LogP contribution in [0.5, 0.6) is 0 Å². The molecule has 2 N–H and O–H groups in total. The van der Waals surface area contributed by atoms with Gasteiger partial charge >= 0.3 is 0 Å². The fourth-order valence-corrected chi connectivity index (χ4v) is 1.78. The van der Waals surface area contributed by atoms with Crippen LogP contribution in [0.4, 0.5) is 0 Å². The van der Waals surface area contributed by atoms with Gasteiger partial charge in [-0.3, -0.25) is 4.79 Å². The predicted molar refractivity (Wildman–Crippen MR) is 52.7 cm³/mol. The fraction of sp³-hybridized carbons (Fsp3) is 0.900. The molecule has 82 valence electrons. The van der Waals surface area contributed by atoms with Crippen LogP contribution in [0.15, 0.2) is 0 Å². The summed E-state index contributed by atoms with van der Waals surface area (Å²) in [6.07, 6.45) is 1.50. The van der Waals surface area contributed by atoms with Gasteiger partial charge < -0.3 is 15.1 Å². The summed E-state index contributed by atoms with van der Waals surface area (Å²) in [5, 5.41) is 19.3. The van der Waals surface area contributed by atoms with Crippen LogP contribution in [0.3, 0.4) is 0 Å². The van der Waals surface area contributed by atoms with Crippen molar-refractivity contribution < 1.29 is 15.0 Å². The maximum Gasteiger partial charge on any atom is 0.254 e. The summed E-state index contributed by atoms with van der Waals surface area (Å²) in [6.45, 7) is 5.60. The summed E-state index contributed by atoms with van der Waals surface area (Å²) in [7, 11) is 0. The number of hydrogen-bond acceptors (Lipinski definition) is 3. The molecule has 1 rings (SSSR count). The molecule has 0 bridgehead atoms. The highest BCUT2D eigenvalue weighted by molar-refractivity contribution is 5.84. The number of carbonyl (C=O) groups excluding carboxylic acids is 1. The summed E-state index contributed by atoms with van der Waals surface area (Å²) in [5.41, 5.74) is -2.15. The smallest absolute Gasteiger partial charge is 0.254 e. The second-order valence-corrected chi connectivity index (χ2v) is 4.89. The lowest BCUT2D eigenvalue weighted by Gasteiger charge is -2.39. The molecule has 0 aromatic rings. The second-order valence-electron chi connectivity index (χ2n) is 4.89. The van der Waals surface area contributed by atoms with Crippen molar-refractivity contribution in [2.24, 2.45) is 0 Å². The van der Waals surface area contributed by atoms with Crippen LogP contribution in [-0.2, 0) is 4.79 Å². The Morgan fingerprint density at radius 2 is 2.07 bits per heavy atom. The standard InChI is InChI=1S/C10H19NO3/c1-9(2,13)8(12)11-6-4-5-10(3,14)7-11/h13-14H,4-7H2,1-3H3. The Hall–Kier alpha value is -0.610. The van der Waals surface area contributed by atoms with Gasteiger partial charge in [-0.15, -0.1) is 0 Å². The van der Waals surface area contributed by atoms with Crippen LogP contribution in [0, 0.1) is 0 Å². The maximum absolute atomic E-state index is 11.7. The molecule has 0 radical (unpaired) electrons. The monoisotopic (exact) mass is 201 g/mol. The third-order valence-corrected chi connectivity index (χ3v) is 2.49. The van der Waals surface area contributed by atoms with Crippen molar-refractivity contribution in [3.05, 3.63) is 0 Å². The molecule has 1 aliphatic rings. The molecule has 0 aliphatic carbocycles. The zero-order valence-electron chi connectivity index (χ0n) is 9.08. The fourth-order valence-electron chi connectivity index (χ4n) is 1.78. The van der Waals surface area contributed by atoms with E-state index in [0.29, 0.717) is 19.5 Å². The maximum atomic E-state index is 11.7. The van der Waals surface area contributed by atoms with Crippen LogP contribution >= 0.6 is 0 Å². The molecule has 0 saturated carbocycles. The van der Waals surface area contributed by atoms with E-state index in [0.717, 1.165) is 6.42 Å². The van der Waals surface area contributed by atoms with Crippen LogP contribution in [0.2, 0.25) is 0 Å². The topological polar surface area (TPSA) is 60.8 Å². The first-order chi connectivity index (χ1) is 6.22.